The number of rotatable bonds is 5. The van der Waals surface area contributed by atoms with Crippen LogP contribution in [0.5, 0.6) is 0 Å². The van der Waals surface area contributed by atoms with Crippen LogP contribution in [0.3, 0.4) is 0 Å². The predicted octanol–water partition coefficient (Wildman–Crippen LogP) is 3.09. The Morgan fingerprint density at radius 1 is 1.22 bits per heavy atom. The van der Waals surface area contributed by atoms with E-state index in [0.29, 0.717) is 25.5 Å². The van der Waals surface area contributed by atoms with E-state index in [2.05, 4.69) is 5.32 Å². The second-order valence-electron chi connectivity index (χ2n) is 6.51. The van der Waals surface area contributed by atoms with Crippen molar-refractivity contribution in [3.63, 3.8) is 0 Å². The molecule has 3 heterocycles. The number of pyridine rings is 1. The maximum absolute atomic E-state index is 12.6. The van der Waals surface area contributed by atoms with E-state index in [1.807, 2.05) is 60.0 Å². The van der Waals surface area contributed by atoms with Gasteiger partial charge in [0.15, 0.2) is 0 Å². The van der Waals surface area contributed by atoms with Crippen LogP contribution in [0.15, 0.2) is 48.7 Å². The third-order valence-corrected chi connectivity index (χ3v) is 4.53. The van der Waals surface area contributed by atoms with Crippen LogP contribution < -0.4 is 5.32 Å². The molecule has 4 rings (SSSR count). The minimum absolute atomic E-state index is 0.171. The highest BCUT2D eigenvalue weighted by Gasteiger charge is 2.23. The molecule has 138 valence electrons. The summed E-state index contributed by atoms with van der Waals surface area (Å²) in [6.07, 6.45) is 1.78. The van der Waals surface area contributed by atoms with Gasteiger partial charge in [-0.25, -0.2) is 9.78 Å². The molecule has 1 N–H and O–H groups in total. The molecule has 1 aliphatic rings. The number of cyclic esters (lactones) is 1. The standard InChI is InChI=1S/C20H20N4O3/c1-14-7-8-16-21-18(15-5-3-2-4-6-15)19(24(16)13-14)22-17(25)9-10-23-11-12-27-20(23)26/h2-8,13H,9-12H2,1H3,(H,22,25). The molecule has 7 nitrogen and oxygen atoms in total. The fourth-order valence-electron chi connectivity index (χ4n) is 3.13. The summed E-state index contributed by atoms with van der Waals surface area (Å²) in [5.74, 6) is 0.462. The Morgan fingerprint density at radius 3 is 2.78 bits per heavy atom. The lowest BCUT2D eigenvalue weighted by atomic mass is 10.1. The van der Waals surface area contributed by atoms with Gasteiger partial charge in [0.25, 0.3) is 0 Å². The number of ether oxygens (including phenoxy) is 1. The number of carbonyl (C=O) groups is 2. The highest BCUT2D eigenvalue weighted by atomic mass is 16.6. The number of aromatic nitrogens is 2. The van der Waals surface area contributed by atoms with Crippen LogP contribution in [0, 0.1) is 6.92 Å². The fourth-order valence-corrected chi connectivity index (χ4v) is 3.13. The number of aryl methyl sites for hydroxylation is 1. The normalized spacial score (nSPS) is 13.8. The fraction of sp³-hybridized carbons (Fsp3) is 0.250. The van der Waals surface area contributed by atoms with Crippen molar-refractivity contribution in [2.45, 2.75) is 13.3 Å². The molecule has 27 heavy (non-hydrogen) atoms. The summed E-state index contributed by atoms with van der Waals surface area (Å²) < 4.78 is 6.78. The second-order valence-corrected chi connectivity index (χ2v) is 6.51. The Morgan fingerprint density at radius 2 is 2.04 bits per heavy atom. The monoisotopic (exact) mass is 364 g/mol. The van der Waals surface area contributed by atoms with Crippen molar-refractivity contribution < 1.29 is 14.3 Å². The average molecular weight is 364 g/mol. The van der Waals surface area contributed by atoms with Crippen LogP contribution in [0.25, 0.3) is 16.9 Å². The van der Waals surface area contributed by atoms with Crippen LogP contribution in [0.4, 0.5) is 10.6 Å². The van der Waals surface area contributed by atoms with E-state index >= 15 is 0 Å². The number of anilines is 1. The first-order chi connectivity index (χ1) is 13.1. The van der Waals surface area contributed by atoms with Crippen molar-refractivity contribution in [1.29, 1.82) is 0 Å². The first-order valence-corrected chi connectivity index (χ1v) is 8.87. The Labute approximate surface area is 156 Å². The molecule has 7 heteroatoms. The number of benzene rings is 1. The molecular weight excluding hydrogens is 344 g/mol. The lowest BCUT2D eigenvalue weighted by Crippen LogP contribution is -2.28. The average Bonchev–Trinajstić information content (AvgIpc) is 3.24. The number of hydrogen-bond acceptors (Lipinski definition) is 4. The molecule has 0 unspecified atom stereocenters. The zero-order valence-electron chi connectivity index (χ0n) is 15.0. The van der Waals surface area contributed by atoms with E-state index in [-0.39, 0.29) is 18.4 Å². The van der Waals surface area contributed by atoms with E-state index in [4.69, 9.17) is 9.72 Å². The van der Waals surface area contributed by atoms with E-state index in [1.54, 1.807) is 0 Å². The van der Waals surface area contributed by atoms with Crippen molar-refractivity contribution in [3.8, 4) is 11.3 Å². The van der Waals surface area contributed by atoms with Crippen molar-refractivity contribution in [3.05, 3.63) is 54.2 Å². The van der Waals surface area contributed by atoms with E-state index < -0.39 is 0 Å². The first kappa shape index (κ1) is 17.1. The van der Waals surface area contributed by atoms with Gasteiger partial charge < -0.3 is 15.0 Å². The minimum atomic E-state index is -0.363. The van der Waals surface area contributed by atoms with Crippen LogP contribution in [-0.4, -0.2) is 46.0 Å². The van der Waals surface area contributed by atoms with E-state index in [1.165, 1.54) is 4.90 Å². The molecule has 2 aromatic heterocycles. The van der Waals surface area contributed by atoms with Crippen LogP contribution in [0.1, 0.15) is 12.0 Å². The van der Waals surface area contributed by atoms with Crippen LogP contribution >= 0.6 is 0 Å². The molecule has 0 atom stereocenters. The van der Waals surface area contributed by atoms with Crippen LogP contribution in [0.2, 0.25) is 0 Å². The molecule has 1 aromatic carbocycles. The Balaban J connectivity index is 1.62. The van der Waals surface area contributed by atoms with Gasteiger partial charge in [-0.15, -0.1) is 0 Å². The molecular formula is C20H20N4O3. The molecule has 0 spiro atoms. The number of nitrogens with zero attached hydrogens (tertiary/aromatic N) is 3. The zero-order chi connectivity index (χ0) is 18.8. The molecule has 1 fully saturated rings. The number of imidazole rings is 1. The molecule has 0 radical (unpaired) electrons. The highest BCUT2D eigenvalue weighted by Crippen LogP contribution is 2.29. The maximum Gasteiger partial charge on any atom is 0.409 e. The molecule has 0 saturated carbocycles. The summed E-state index contributed by atoms with van der Waals surface area (Å²) in [7, 11) is 0. The largest absolute Gasteiger partial charge is 0.448 e. The van der Waals surface area contributed by atoms with Gasteiger partial charge in [-0.1, -0.05) is 36.4 Å². The Kier molecular flexibility index (Phi) is 4.50. The lowest BCUT2D eigenvalue weighted by molar-refractivity contribution is -0.116. The van der Waals surface area contributed by atoms with Gasteiger partial charge in [-0.05, 0) is 18.6 Å². The van der Waals surface area contributed by atoms with E-state index in [0.717, 1.165) is 22.5 Å². The number of fused-ring (bicyclic) bond motifs is 1. The molecule has 3 aromatic rings. The van der Waals surface area contributed by atoms with Gasteiger partial charge in [-0.3, -0.25) is 9.20 Å². The van der Waals surface area contributed by atoms with Gasteiger partial charge in [-0.2, -0.15) is 0 Å². The molecule has 0 aliphatic carbocycles. The van der Waals surface area contributed by atoms with Crippen LogP contribution in [-0.2, 0) is 9.53 Å². The Hall–Kier alpha value is -3.35. The summed E-state index contributed by atoms with van der Waals surface area (Å²) >= 11 is 0. The van der Waals surface area contributed by atoms with Gasteiger partial charge in [0.1, 0.15) is 23.8 Å². The zero-order valence-corrected chi connectivity index (χ0v) is 15.0. The first-order valence-electron chi connectivity index (χ1n) is 8.87. The van der Waals surface area contributed by atoms with E-state index in [9.17, 15) is 9.59 Å². The maximum atomic E-state index is 12.6. The molecule has 1 saturated heterocycles. The number of carbonyl (C=O) groups excluding carboxylic acids is 2. The van der Waals surface area contributed by atoms with Crippen molar-refractivity contribution in [1.82, 2.24) is 14.3 Å². The van der Waals surface area contributed by atoms with Crippen molar-refractivity contribution in [2.24, 2.45) is 0 Å². The lowest BCUT2D eigenvalue weighted by Gasteiger charge is -2.13. The summed E-state index contributed by atoms with van der Waals surface area (Å²) in [5, 5.41) is 2.98. The highest BCUT2D eigenvalue weighted by molar-refractivity contribution is 5.94. The third kappa shape index (κ3) is 3.48. The van der Waals surface area contributed by atoms with Gasteiger partial charge in [0, 0.05) is 24.7 Å². The second kappa shape index (κ2) is 7.11. The molecule has 1 aliphatic heterocycles. The molecule has 2 amide bonds. The number of hydrogen-bond donors (Lipinski definition) is 1. The topological polar surface area (TPSA) is 75.9 Å². The summed E-state index contributed by atoms with van der Waals surface area (Å²) in [6.45, 7) is 3.23. The number of nitrogens with one attached hydrogen (secondary N) is 1. The van der Waals surface area contributed by atoms with Gasteiger partial charge >= 0.3 is 6.09 Å². The minimum Gasteiger partial charge on any atom is -0.448 e. The summed E-state index contributed by atoms with van der Waals surface area (Å²) in [4.78, 5) is 30.3. The Bertz CT molecular complexity index is 997. The van der Waals surface area contributed by atoms with Gasteiger partial charge in [0.05, 0.1) is 6.54 Å². The quantitative estimate of drug-likeness (QED) is 0.755. The summed E-state index contributed by atoms with van der Waals surface area (Å²) in [6, 6.07) is 13.7. The van der Waals surface area contributed by atoms with Crippen molar-refractivity contribution in [2.75, 3.05) is 25.0 Å². The predicted molar refractivity (Wildman–Crippen MR) is 102 cm³/mol. The smallest absolute Gasteiger partial charge is 0.409 e. The summed E-state index contributed by atoms with van der Waals surface area (Å²) in [5.41, 5.74) is 3.47. The third-order valence-electron chi connectivity index (χ3n) is 4.53. The number of amides is 2. The van der Waals surface area contributed by atoms with Crippen molar-refractivity contribution >= 4 is 23.5 Å². The van der Waals surface area contributed by atoms with Gasteiger partial charge in [0.2, 0.25) is 5.91 Å². The molecule has 0 bridgehead atoms. The SMILES string of the molecule is Cc1ccc2nc(-c3ccccc3)c(NC(=O)CCN3CCOC3=O)n2c1.